The van der Waals surface area contributed by atoms with Crippen LogP contribution in [-0.4, -0.2) is 28.8 Å². The molecule has 3 nitrogen and oxygen atoms in total. The predicted octanol–water partition coefficient (Wildman–Crippen LogP) is 4.14. The molecule has 2 heterocycles. The van der Waals surface area contributed by atoms with Crippen LogP contribution in [0.5, 0.6) is 0 Å². The molecule has 1 aliphatic rings. The Balaban J connectivity index is 1.69. The molecule has 1 aromatic carbocycles. The van der Waals surface area contributed by atoms with Crippen molar-refractivity contribution in [3.8, 4) is 11.8 Å². The maximum atomic E-state index is 12.8. The van der Waals surface area contributed by atoms with Gasteiger partial charge in [0.2, 0.25) is 0 Å². The second-order valence-electron chi connectivity index (χ2n) is 6.16. The van der Waals surface area contributed by atoms with E-state index in [9.17, 15) is 18.3 Å². The lowest BCUT2D eigenvalue weighted by atomic mass is 9.91. The van der Waals surface area contributed by atoms with E-state index < -0.39 is 17.5 Å². The fraction of sp³-hybridized carbons (Fsp3) is 0.316. The average Bonchev–Trinajstić information content (AvgIpc) is 2.60. The highest BCUT2D eigenvalue weighted by Gasteiger charge is 2.34. The predicted molar refractivity (Wildman–Crippen MR) is 94.0 cm³/mol. The van der Waals surface area contributed by atoms with Gasteiger partial charge in [-0.2, -0.15) is 13.2 Å². The maximum Gasteiger partial charge on any atom is 0.433 e. The van der Waals surface area contributed by atoms with Gasteiger partial charge in [-0.25, -0.2) is 4.98 Å². The molecule has 1 aromatic heterocycles. The molecule has 0 radical (unpaired) electrons. The maximum absolute atomic E-state index is 12.8. The summed E-state index contributed by atoms with van der Waals surface area (Å²) >= 11 is 5.91. The van der Waals surface area contributed by atoms with Crippen LogP contribution in [0, 0.1) is 11.8 Å². The van der Waals surface area contributed by atoms with Crippen LogP contribution in [0.25, 0.3) is 0 Å². The molecule has 0 aliphatic carbocycles. The van der Waals surface area contributed by atoms with E-state index in [1.807, 2.05) is 0 Å². The zero-order valence-electron chi connectivity index (χ0n) is 13.7. The third-order valence-electron chi connectivity index (χ3n) is 4.20. The summed E-state index contributed by atoms with van der Waals surface area (Å²) in [5, 5.41) is 11.2. The number of rotatable bonds is 1. The summed E-state index contributed by atoms with van der Waals surface area (Å²) in [6, 6.07) is 10.8. The van der Waals surface area contributed by atoms with Crippen molar-refractivity contribution in [1.82, 2.24) is 4.98 Å². The van der Waals surface area contributed by atoms with Gasteiger partial charge in [0.05, 0.1) is 0 Å². The van der Waals surface area contributed by atoms with Gasteiger partial charge >= 0.3 is 6.18 Å². The van der Waals surface area contributed by atoms with E-state index in [1.54, 1.807) is 29.2 Å². The first-order chi connectivity index (χ1) is 12.3. The Hall–Kier alpha value is -2.23. The lowest BCUT2D eigenvalue weighted by Gasteiger charge is -2.35. The van der Waals surface area contributed by atoms with E-state index >= 15 is 0 Å². The van der Waals surface area contributed by atoms with Crippen molar-refractivity contribution in [2.75, 3.05) is 18.0 Å². The van der Waals surface area contributed by atoms with Crippen LogP contribution < -0.4 is 4.90 Å². The molecule has 0 atom stereocenters. The number of halogens is 4. The van der Waals surface area contributed by atoms with Crippen molar-refractivity contribution in [3.63, 3.8) is 0 Å². The standard InChI is InChI=1S/C19H16ClF3N2O/c20-15-4-1-3-14(13-15)7-8-18(26)9-11-25(12-10-18)17-6-2-5-16(24-17)19(21,22)23/h1-6,13,26H,9-12H2. The molecular weight excluding hydrogens is 365 g/mol. The van der Waals surface area contributed by atoms with Crippen LogP contribution in [0.1, 0.15) is 24.1 Å². The molecule has 1 aliphatic heterocycles. The fourth-order valence-corrected chi connectivity index (χ4v) is 2.93. The normalized spacial score (nSPS) is 16.7. The van der Waals surface area contributed by atoms with Crippen LogP contribution >= 0.6 is 11.6 Å². The van der Waals surface area contributed by atoms with E-state index in [0.29, 0.717) is 36.5 Å². The average molecular weight is 381 g/mol. The molecule has 1 fully saturated rings. The third-order valence-corrected chi connectivity index (χ3v) is 4.44. The van der Waals surface area contributed by atoms with Crippen LogP contribution in [0.4, 0.5) is 19.0 Å². The van der Waals surface area contributed by atoms with Crippen molar-refractivity contribution in [2.24, 2.45) is 0 Å². The first kappa shape index (κ1) is 18.6. The van der Waals surface area contributed by atoms with Gasteiger partial charge < -0.3 is 10.0 Å². The highest BCUT2D eigenvalue weighted by atomic mass is 35.5. The van der Waals surface area contributed by atoms with Gasteiger partial charge in [-0.3, -0.25) is 0 Å². The number of benzene rings is 1. The molecule has 0 unspecified atom stereocenters. The third kappa shape index (κ3) is 4.48. The molecule has 7 heteroatoms. The van der Waals surface area contributed by atoms with E-state index in [2.05, 4.69) is 16.8 Å². The summed E-state index contributed by atoms with van der Waals surface area (Å²) in [5.74, 6) is 6.04. The van der Waals surface area contributed by atoms with Crippen LogP contribution in [0.15, 0.2) is 42.5 Å². The molecule has 0 amide bonds. The zero-order valence-corrected chi connectivity index (χ0v) is 14.5. The molecule has 1 saturated heterocycles. The summed E-state index contributed by atoms with van der Waals surface area (Å²) in [4.78, 5) is 5.41. The Morgan fingerprint density at radius 1 is 1.12 bits per heavy atom. The Morgan fingerprint density at radius 3 is 2.46 bits per heavy atom. The number of hydrogen-bond acceptors (Lipinski definition) is 3. The number of aliphatic hydroxyl groups is 1. The Bertz CT molecular complexity index is 850. The smallest absolute Gasteiger partial charge is 0.377 e. The molecule has 3 rings (SSSR count). The van der Waals surface area contributed by atoms with E-state index in [1.165, 1.54) is 12.1 Å². The van der Waals surface area contributed by atoms with E-state index in [-0.39, 0.29) is 5.82 Å². The molecule has 0 spiro atoms. The van der Waals surface area contributed by atoms with Crippen LogP contribution in [0.2, 0.25) is 5.02 Å². The highest BCUT2D eigenvalue weighted by Crippen LogP contribution is 2.30. The van der Waals surface area contributed by atoms with E-state index in [4.69, 9.17) is 11.6 Å². The van der Waals surface area contributed by atoms with Crippen LogP contribution in [0.3, 0.4) is 0 Å². The summed E-state index contributed by atoms with van der Waals surface area (Å²) in [6.45, 7) is 0.740. The zero-order chi connectivity index (χ0) is 18.8. The fourth-order valence-electron chi connectivity index (χ4n) is 2.74. The second kappa shape index (κ2) is 7.18. The molecular formula is C19H16ClF3N2O. The van der Waals surface area contributed by atoms with E-state index in [0.717, 1.165) is 6.07 Å². The minimum Gasteiger partial charge on any atom is -0.377 e. The number of nitrogens with zero attached hydrogens (tertiary/aromatic N) is 2. The molecule has 26 heavy (non-hydrogen) atoms. The van der Waals surface area contributed by atoms with Gasteiger partial charge in [0.15, 0.2) is 0 Å². The Labute approximate surface area is 154 Å². The quantitative estimate of drug-likeness (QED) is 0.755. The highest BCUT2D eigenvalue weighted by molar-refractivity contribution is 6.30. The Morgan fingerprint density at radius 2 is 1.81 bits per heavy atom. The first-order valence-electron chi connectivity index (χ1n) is 8.06. The first-order valence-corrected chi connectivity index (χ1v) is 8.43. The molecule has 1 N–H and O–H groups in total. The summed E-state index contributed by atoms with van der Waals surface area (Å²) in [5.41, 5.74) is -1.40. The number of piperidine rings is 1. The van der Waals surface area contributed by atoms with Gasteiger partial charge in [-0.1, -0.05) is 35.6 Å². The monoisotopic (exact) mass is 380 g/mol. The van der Waals surface area contributed by atoms with Crippen molar-refractivity contribution in [1.29, 1.82) is 0 Å². The topological polar surface area (TPSA) is 36.4 Å². The van der Waals surface area contributed by atoms with Gasteiger partial charge in [0.25, 0.3) is 0 Å². The second-order valence-corrected chi connectivity index (χ2v) is 6.59. The van der Waals surface area contributed by atoms with Gasteiger partial charge in [0, 0.05) is 36.5 Å². The largest absolute Gasteiger partial charge is 0.433 e. The molecule has 0 bridgehead atoms. The van der Waals surface area contributed by atoms with Crippen molar-refractivity contribution in [3.05, 3.63) is 58.7 Å². The molecule has 136 valence electrons. The molecule has 0 saturated carbocycles. The summed E-state index contributed by atoms with van der Waals surface area (Å²) in [6.07, 6.45) is -3.84. The van der Waals surface area contributed by atoms with Crippen molar-refractivity contribution >= 4 is 17.4 Å². The number of hydrogen-bond donors (Lipinski definition) is 1. The van der Waals surface area contributed by atoms with Gasteiger partial charge in [-0.05, 0) is 30.3 Å². The van der Waals surface area contributed by atoms with Gasteiger partial charge in [-0.15, -0.1) is 0 Å². The lowest BCUT2D eigenvalue weighted by molar-refractivity contribution is -0.141. The Kier molecular flexibility index (Phi) is 5.12. The minimum absolute atomic E-state index is 0.254. The molecule has 2 aromatic rings. The minimum atomic E-state index is -4.48. The SMILES string of the molecule is OC1(C#Cc2cccc(Cl)c2)CCN(c2cccc(C(F)(F)F)n2)CC1. The number of alkyl halides is 3. The lowest BCUT2D eigenvalue weighted by Crippen LogP contribution is -2.44. The number of anilines is 1. The summed E-state index contributed by atoms with van der Waals surface area (Å²) in [7, 11) is 0. The number of aromatic nitrogens is 1. The summed E-state index contributed by atoms with van der Waals surface area (Å²) < 4.78 is 38.4. The number of pyridine rings is 1. The van der Waals surface area contributed by atoms with Gasteiger partial charge in [0.1, 0.15) is 17.1 Å². The van der Waals surface area contributed by atoms with Crippen molar-refractivity contribution < 1.29 is 18.3 Å². The van der Waals surface area contributed by atoms with Crippen LogP contribution in [-0.2, 0) is 6.18 Å². The van der Waals surface area contributed by atoms with Crippen molar-refractivity contribution in [2.45, 2.75) is 24.6 Å².